The Balaban J connectivity index is 2.37. The molecule has 0 radical (unpaired) electrons. The van der Waals surface area contributed by atoms with E-state index in [0.717, 1.165) is 23.9 Å². The number of aromatic nitrogens is 1. The van der Waals surface area contributed by atoms with Crippen LogP contribution in [-0.4, -0.2) is 10.9 Å². The summed E-state index contributed by atoms with van der Waals surface area (Å²) in [6.45, 7) is 0. The average Bonchev–Trinajstić information content (AvgIpc) is 2.36. The third-order valence-electron chi connectivity index (χ3n) is 2.24. The molecule has 1 heterocycles. The molecule has 1 aromatic heterocycles. The van der Waals surface area contributed by atoms with Gasteiger partial charge in [0.2, 0.25) is 0 Å². The fraction of sp³-hybridized carbons (Fsp3) is 0. The second kappa shape index (κ2) is 5.23. The molecular formula is C12H9F2N3OS. The van der Waals surface area contributed by atoms with Crippen LogP contribution in [-0.2, 0) is 0 Å². The Morgan fingerprint density at radius 2 is 1.95 bits per heavy atom. The molecule has 0 saturated carbocycles. The molecule has 7 heteroatoms. The number of anilines is 1. The standard InChI is InChI=1S/C12H9F2N3OS/c13-9-2-1-7(4-10(9)14)19-12-8(11(16)18)3-6(15)5-17-12/h1-5H,15H2,(H2,16,18). The van der Waals surface area contributed by atoms with Crippen molar-refractivity contribution >= 4 is 23.4 Å². The summed E-state index contributed by atoms with van der Waals surface area (Å²) >= 11 is 1.000. The number of benzene rings is 1. The van der Waals surface area contributed by atoms with Crippen molar-refractivity contribution in [2.24, 2.45) is 5.73 Å². The molecule has 0 aliphatic heterocycles. The van der Waals surface area contributed by atoms with Crippen molar-refractivity contribution in [1.29, 1.82) is 0 Å². The first-order chi connectivity index (χ1) is 8.97. The minimum Gasteiger partial charge on any atom is -0.397 e. The van der Waals surface area contributed by atoms with Crippen LogP contribution < -0.4 is 11.5 Å². The van der Waals surface area contributed by atoms with Crippen molar-refractivity contribution in [2.75, 3.05) is 5.73 Å². The Labute approximate surface area is 111 Å². The maximum Gasteiger partial charge on any atom is 0.251 e. The number of rotatable bonds is 3. The molecule has 0 saturated heterocycles. The number of hydrogen-bond acceptors (Lipinski definition) is 4. The first kappa shape index (κ1) is 13.3. The van der Waals surface area contributed by atoms with E-state index in [2.05, 4.69) is 4.98 Å². The maximum atomic E-state index is 13.1. The number of amides is 1. The average molecular weight is 281 g/mol. The number of halogens is 2. The number of nitrogens with two attached hydrogens (primary N) is 2. The Kier molecular flexibility index (Phi) is 3.66. The quantitative estimate of drug-likeness (QED) is 0.903. The number of pyridine rings is 1. The maximum absolute atomic E-state index is 13.1. The highest BCUT2D eigenvalue weighted by atomic mass is 32.2. The molecule has 2 aromatic rings. The van der Waals surface area contributed by atoms with E-state index < -0.39 is 17.5 Å². The van der Waals surface area contributed by atoms with Crippen molar-refractivity contribution < 1.29 is 13.6 Å². The van der Waals surface area contributed by atoms with Crippen LogP contribution in [0.3, 0.4) is 0 Å². The predicted octanol–water partition coefficient (Wildman–Crippen LogP) is 2.19. The predicted molar refractivity (Wildman–Crippen MR) is 67.6 cm³/mol. The molecule has 0 unspecified atom stereocenters. The van der Waals surface area contributed by atoms with Gasteiger partial charge in [0.15, 0.2) is 11.6 Å². The van der Waals surface area contributed by atoms with Crippen molar-refractivity contribution in [1.82, 2.24) is 4.98 Å². The number of hydrogen-bond donors (Lipinski definition) is 2. The first-order valence-electron chi connectivity index (χ1n) is 5.15. The van der Waals surface area contributed by atoms with E-state index >= 15 is 0 Å². The van der Waals surface area contributed by atoms with Crippen LogP contribution in [0.15, 0.2) is 40.4 Å². The van der Waals surface area contributed by atoms with Crippen LogP contribution in [0.1, 0.15) is 10.4 Å². The van der Waals surface area contributed by atoms with Crippen LogP contribution in [0.25, 0.3) is 0 Å². The number of carbonyl (C=O) groups excluding carboxylic acids is 1. The van der Waals surface area contributed by atoms with E-state index in [-0.39, 0.29) is 10.6 Å². The van der Waals surface area contributed by atoms with Gasteiger partial charge in [-0.2, -0.15) is 0 Å². The van der Waals surface area contributed by atoms with Gasteiger partial charge in [-0.25, -0.2) is 13.8 Å². The number of primary amides is 1. The zero-order valence-corrected chi connectivity index (χ0v) is 10.4. The van der Waals surface area contributed by atoms with Gasteiger partial charge < -0.3 is 11.5 Å². The van der Waals surface area contributed by atoms with Crippen molar-refractivity contribution in [3.05, 3.63) is 47.7 Å². The van der Waals surface area contributed by atoms with Crippen LogP contribution in [0.5, 0.6) is 0 Å². The van der Waals surface area contributed by atoms with E-state index in [1.807, 2.05) is 0 Å². The van der Waals surface area contributed by atoms with Gasteiger partial charge in [0.1, 0.15) is 5.03 Å². The number of carbonyl (C=O) groups is 1. The monoisotopic (exact) mass is 281 g/mol. The van der Waals surface area contributed by atoms with Gasteiger partial charge in [0, 0.05) is 4.90 Å². The van der Waals surface area contributed by atoms with Gasteiger partial charge in [-0.15, -0.1) is 0 Å². The SMILES string of the molecule is NC(=O)c1cc(N)cnc1Sc1ccc(F)c(F)c1. The molecule has 19 heavy (non-hydrogen) atoms. The van der Waals surface area contributed by atoms with E-state index in [9.17, 15) is 13.6 Å². The fourth-order valence-electron chi connectivity index (χ4n) is 1.38. The zero-order chi connectivity index (χ0) is 14.0. The normalized spacial score (nSPS) is 10.4. The largest absolute Gasteiger partial charge is 0.397 e. The van der Waals surface area contributed by atoms with Crippen molar-refractivity contribution in [3.8, 4) is 0 Å². The lowest BCUT2D eigenvalue weighted by Crippen LogP contribution is -2.13. The lowest BCUT2D eigenvalue weighted by atomic mass is 10.2. The van der Waals surface area contributed by atoms with Gasteiger partial charge >= 0.3 is 0 Å². The number of nitrogen functional groups attached to an aromatic ring is 1. The molecule has 1 amide bonds. The van der Waals surface area contributed by atoms with Gasteiger partial charge in [-0.3, -0.25) is 4.79 Å². The molecule has 4 nitrogen and oxygen atoms in total. The first-order valence-corrected chi connectivity index (χ1v) is 5.97. The molecule has 98 valence electrons. The lowest BCUT2D eigenvalue weighted by molar-refractivity contribution is 0.0997. The van der Waals surface area contributed by atoms with Crippen LogP contribution in [0.4, 0.5) is 14.5 Å². The lowest BCUT2D eigenvalue weighted by Gasteiger charge is -2.06. The molecule has 2 rings (SSSR count). The van der Waals surface area contributed by atoms with Crippen LogP contribution >= 0.6 is 11.8 Å². The highest BCUT2D eigenvalue weighted by Crippen LogP contribution is 2.30. The minimum absolute atomic E-state index is 0.134. The molecule has 0 aliphatic rings. The van der Waals surface area contributed by atoms with Crippen LogP contribution in [0.2, 0.25) is 0 Å². The topological polar surface area (TPSA) is 82.0 Å². The Morgan fingerprint density at radius 3 is 2.58 bits per heavy atom. The van der Waals surface area contributed by atoms with Gasteiger partial charge in [-0.1, -0.05) is 11.8 Å². The third kappa shape index (κ3) is 3.00. The van der Waals surface area contributed by atoms with E-state index in [4.69, 9.17) is 11.5 Å². The summed E-state index contributed by atoms with van der Waals surface area (Å²) in [5.41, 5.74) is 11.2. The smallest absolute Gasteiger partial charge is 0.251 e. The van der Waals surface area contributed by atoms with Gasteiger partial charge in [-0.05, 0) is 24.3 Å². The third-order valence-corrected chi connectivity index (χ3v) is 3.25. The summed E-state index contributed by atoms with van der Waals surface area (Å²) in [5.74, 6) is -2.60. The summed E-state index contributed by atoms with van der Waals surface area (Å²) < 4.78 is 25.9. The molecule has 1 aromatic carbocycles. The molecular weight excluding hydrogens is 272 g/mol. The molecule has 4 N–H and O–H groups in total. The second-order valence-corrected chi connectivity index (χ2v) is 4.73. The number of nitrogens with zero attached hydrogens (tertiary/aromatic N) is 1. The van der Waals surface area contributed by atoms with Crippen molar-refractivity contribution in [3.63, 3.8) is 0 Å². The van der Waals surface area contributed by atoms with Crippen LogP contribution in [0, 0.1) is 11.6 Å². The van der Waals surface area contributed by atoms with Gasteiger partial charge in [0.05, 0.1) is 17.4 Å². The highest BCUT2D eigenvalue weighted by Gasteiger charge is 2.13. The van der Waals surface area contributed by atoms with Gasteiger partial charge in [0.25, 0.3) is 5.91 Å². The molecule has 0 aliphatic carbocycles. The Morgan fingerprint density at radius 1 is 1.21 bits per heavy atom. The fourth-order valence-corrected chi connectivity index (χ4v) is 2.27. The summed E-state index contributed by atoms with van der Waals surface area (Å²) in [5, 5.41) is 0.285. The molecule has 0 spiro atoms. The summed E-state index contributed by atoms with van der Waals surface area (Å²) in [6, 6.07) is 4.78. The Hall–Kier alpha value is -2.15. The van der Waals surface area contributed by atoms with Crippen molar-refractivity contribution in [2.45, 2.75) is 9.92 Å². The van der Waals surface area contributed by atoms with E-state index in [0.29, 0.717) is 10.6 Å². The zero-order valence-electron chi connectivity index (χ0n) is 9.56. The summed E-state index contributed by atoms with van der Waals surface area (Å²) in [7, 11) is 0. The summed E-state index contributed by atoms with van der Waals surface area (Å²) in [4.78, 5) is 15.6. The minimum atomic E-state index is -0.971. The second-order valence-electron chi connectivity index (χ2n) is 3.66. The highest BCUT2D eigenvalue weighted by molar-refractivity contribution is 7.99. The molecule has 0 bridgehead atoms. The van der Waals surface area contributed by atoms with E-state index in [1.165, 1.54) is 18.3 Å². The Bertz CT molecular complexity index is 649. The van der Waals surface area contributed by atoms with E-state index in [1.54, 1.807) is 0 Å². The summed E-state index contributed by atoms with van der Waals surface area (Å²) in [6.07, 6.45) is 1.36. The molecule has 0 fully saturated rings. The molecule has 0 atom stereocenters.